The van der Waals surface area contributed by atoms with Crippen LogP contribution in [0.25, 0.3) is 0 Å². The van der Waals surface area contributed by atoms with Crippen LogP contribution in [0.5, 0.6) is 0 Å². The smallest absolute Gasteiger partial charge is 0.123 e. The van der Waals surface area contributed by atoms with Crippen molar-refractivity contribution in [2.75, 3.05) is 32.1 Å². The van der Waals surface area contributed by atoms with E-state index in [1.807, 2.05) is 11.9 Å². The Morgan fingerprint density at radius 3 is 2.47 bits per heavy atom. The molecule has 0 bridgehead atoms. The average molecular weight is 212 g/mol. The molecule has 0 amide bonds. The maximum atomic E-state index is 12.7. The first-order valence-electron chi connectivity index (χ1n) is 4.87. The first-order valence-corrected chi connectivity index (χ1v) is 4.87. The number of ether oxygens (including phenoxy) is 1. The van der Waals surface area contributed by atoms with E-state index in [9.17, 15) is 4.39 Å². The summed E-state index contributed by atoms with van der Waals surface area (Å²) in [5, 5.41) is 0. The Balaban J connectivity index is 2.60. The lowest BCUT2D eigenvalue weighted by Crippen LogP contribution is -2.35. The largest absolute Gasteiger partial charge is 0.378 e. The highest BCUT2D eigenvalue weighted by atomic mass is 19.1. The second kappa shape index (κ2) is 5.68. The predicted octanol–water partition coefficient (Wildman–Crippen LogP) is 1.24. The molecule has 3 nitrogen and oxygen atoms in total. The van der Waals surface area contributed by atoms with Gasteiger partial charge in [0.1, 0.15) is 5.82 Å². The maximum Gasteiger partial charge on any atom is 0.123 e. The van der Waals surface area contributed by atoms with E-state index in [4.69, 9.17) is 10.5 Å². The third-order valence-corrected chi connectivity index (χ3v) is 2.34. The van der Waals surface area contributed by atoms with Gasteiger partial charge in [-0.1, -0.05) is 0 Å². The van der Waals surface area contributed by atoms with Crippen LogP contribution in [0.15, 0.2) is 24.3 Å². The van der Waals surface area contributed by atoms with Gasteiger partial charge >= 0.3 is 0 Å². The van der Waals surface area contributed by atoms with Crippen molar-refractivity contribution in [2.24, 2.45) is 5.73 Å². The van der Waals surface area contributed by atoms with Gasteiger partial charge in [-0.15, -0.1) is 0 Å². The number of halogens is 1. The highest BCUT2D eigenvalue weighted by Gasteiger charge is 2.09. The summed E-state index contributed by atoms with van der Waals surface area (Å²) < 4.78 is 17.9. The van der Waals surface area contributed by atoms with Crippen molar-refractivity contribution in [3.8, 4) is 0 Å². The van der Waals surface area contributed by atoms with Gasteiger partial charge in [0, 0.05) is 32.9 Å². The average Bonchev–Trinajstić information content (AvgIpc) is 2.26. The Morgan fingerprint density at radius 1 is 1.40 bits per heavy atom. The first-order chi connectivity index (χ1) is 7.17. The number of benzene rings is 1. The van der Waals surface area contributed by atoms with E-state index in [0.29, 0.717) is 13.1 Å². The van der Waals surface area contributed by atoms with E-state index in [1.54, 1.807) is 19.2 Å². The number of nitrogens with two attached hydrogens (primary N) is 1. The molecule has 0 aromatic heterocycles. The molecule has 0 saturated heterocycles. The fourth-order valence-electron chi connectivity index (χ4n) is 1.35. The molecule has 1 atom stereocenters. The van der Waals surface area contributed by atoms with Gasteiger partial charge in [-0.05, 0) is 24.3 Å². The molecule has 1 unspecified atom stereocenters. The highest BCUT2D eigenvalue weighted by Crippen LogP contribution is 2.13. The number of nitrogens with zero attached hydrogens (tertiary/aromatic N) is 1. The van der Waals surface area contributed by atoms with Gasteiger partial charge in [0.2, 0.25) is 0 Å². The van der Waals surface area contributed by atoms with E-state index >= 15 is 0 Å². The van der Waals surface area contributed by atoms with Crippen LogP contribution in [-0.4, -0.2) is 33.4 Å². The number of hydrogen-bond acceptors (Lipinski definition) is 3. The molecule has 0 saturated carbocycles. The zero-order valence-electron chi connectivity index (χ0n) is 9.11. The van der Waals surface area contributed by atoms with Gasteiger partial charge in [-0.25, -0.2) is 4.39 Å². The molecule has 4 heteroatoms. The summed E-state index contributed by atoms with van der Waals surface area (Å²) in [5.41, 5.74) is 6.47. The summed E-state index contributed by atoms with van der Waals surface area (Å²) in [6, 6.07) is 6.35. The highest BCUT2D eigenvalue weighted by molar-refractivity contribution is 5.45. The van der Waals surface area contributed by atoms with Crippen molar-refractivity contribution in [3.05, 3.63) is 30.1 Å². The van der Waals surface area contributed by atoms with Crippen LogP contribution in [0.1, 0.15) is 0 Å². The number of anilines is 1. The van der Waals surface area contributed by atoms with Gasteiger partial charge in [-0.3, -0.25) is 0 Å². The molecule has 2 N–H and O–H groups in total. The SMILES string of the molecule is COC(CN)CN(C)c1ccc(F)cc1. The monoisotopic (exact) mass is 212 g/mol. The van der Waals surface area contributed by atoms with Crippen LogP contribution in [0.3, 0.4) is 0 Å². The molecule has 84 valence electrons. The Kier molecular flexibility index (Phi) is 4.52. The van der Waals surface area contributed by atoms with E-state index in [1.165, 1.54) is 12.1 Å². The molecule has 0 spiro atoms. The lowest BCUT2D eigenvalue weighted by Gasteiger charge is -2.23. The Hall–Kier alpha value is -1.13. The number of methoxy groups -OCH3 is 1. The predicted molar refractivity (Wildman–Crippen MR) is 59.5 cm³/mol. The van der Waals surface area contributed by atoms with Crippen LogP contribution < -0.4 is 10.6 Å². The van der Waals surface area contributed by atoms with Gasteiger partial charge in [-0.2, -0.15) is 0 Å². The molecule has 0 radical (unpaired) electrons. The molecular formula is C11H17FN2O. The van der Waals surface area contributed by atoms with Gasteiger partial charge in [0.05, 0.1) is 6.10 Å². The van der Waals surface area contributed by atoms with Gasteiger partial charge in [0.15, 0.2) is 0 Å². The van der Waals surface area contributed by atoms with Crippen molar-refractivity contribution in [3.63, 3.8) is 0 Å². The summed E-state index contributed by atoms with van der Waals surface area (Å²) in [4.78, 5) is 1.99. The van der Waals surface area contributed by atoms with Gasteiger partial charge < -0.3 is 15.4 Å². The number of hydrogen-bond donors (Lipinski definition) is 1. The molecule has 15 heavy (non-hydrogen) atoms. The zero-order chi connectivity index (χ0) is 11.3. The zero-order valence-corrected chi connectivity index (χ0v) is 9.11. The van der Waals surface area contributed by atoms with Crippen LogP contribution in [0.2, 0.25) is 0 Å². The minimum atomic E-state index is -0.228. The molecule has 0 heterocycles. The lowest BCUT2D eigenvalue weighted by molar-refractivity contribution is 0.115. The second-order valence-electron chi connectivity index (χ2n) is 3.45. The van der Waals surface area contributed by atoms with Crippen LogP contribution in [0.4, 0.5) is 10.1 Å². The van der Waals surface area contributed by atoms with Crippen molar-refractivity contribution in [2.45, 2.75) is 6.10 Å². The lowest BCUT2D eigenvalue weighted by atomic mass is 10.2. The third-order valence-electron chi connectivity index (χ3n) is 2.34. The van der Waals surface area contributed by atoms with E-state index in [0.717, 1.165) is 5.69 Å². The summed E-state index contributed by atoms with van der Waals surface area (Å²) in [6.07, 6.45) is 0.0000491. The Labute approximate surface area is 89.6 Å². The third kappa shape index (κ3) is 3.49. The minimum Gasteiger partial charge on any atom is -0.378 e. The molecule has 0 fully saturated rings. The van der Waals surface area contributed by atoms with Crippen LogP contribution >= 0.6 is 0 Å². The molecule has 0 aliphatic rings. The van der Waals surface area contributed by atoms with Crippen molar-refractivity contribution >= 4 is 5.69 Å². The van der Waals surface area contributed by atoms with Crippen LogP contribution in [0, 0.1) is 5.82 Å². The second-order valence-corrected chi connectivity index (χ2v) is 3.45. The van der Waals surface area contributed by atoms with Crippen molar-refractivity contribution < 1.29 is 9.13 Å². The molecule has 0 aliphatic carbocycles. The van der Waals surface area contributed by atoms with Crippen molar-refractivity contribution in [1.82, 2.24) is 0 Å². The maximum absolute atomic E-state index is 12.7. The van der Waals surface area contributed by atoms with Crippen molar-refractivity contribution in [1.29, 1.82) is 0 Å². The van der Waals surface area contributed by atoms with Gasteiger partial charge in [0.25, 0.3) is 0 Å². The normalized spacial score (nSPS) is 12.5. The van der Waals surface area contributed by atoms with Crippen LogP contribution in [-0.2, 0) is 4.74 Å². The molecule has 1 rings (SSSR count). The summed E-state index contributed by atoms with van der Waals surface area (Å²) >= 11 is 0. The summed E-state index contributed by atoms with van der Waals surface area (Å²) in [7, 11) is 3.56. The molecule has 1 aromatic rings. The first kappa shape index (κ1) is 11.9. The molecule has 0 aliphatic heterocycles. The Bertz CT molecular complexity index is 285. The Morgan fingerprint density at radius 2 is 2.00 bits per heavy atom. The topological polar surface area (TPSA) is 38.5 Å². The number of rotatable bonds is 5. The van der Waals surface area contributed by atoms with E-state index in [2.05, 4.69) is 0 Å². The standard InChI is InChI=1S/C11H17FN2O/c1-14(8-11(7-13)15-2)10-5-3-9(12)4-6-10/h3-6,11H,7-8,13H2,1-2H3. The fraction of sp³-hybridized carbons (Fsp3) is 0.455. The molecular weight excluding hydrogens is 195 g/mol. The minimum absolute atomic E-state index is 0.0000491. The van der Waals surface area contributed by atoms with E-state index < -0.39 is 0 Å². The number of likely N-dealkylation sites (N-methyl/N-ethyl adjacent to an activating group) is 1. The van der Waals surface area contributed by atoms with E-state index in [-0.39, 0.29) is 11.9 Å². The fourth-order valence-corrected chi connectivity index (χ4v) is 1.35. The summed E-state index contributed by atoms with van der Waals surface area (Å²) in [5.74, 6) is -0.228. The molecule has 1 aromatic carbocycles. The quantitative estimate of drug-likeness (QED) is 0.798. The summed E-state index contributed by atoms with van der Waals surface area (Å²) in [6.45, 7) is 1.17.